The molecule has 92 valence electrons. The molecule has 0 aliphatic heterocycles. The first kappa shape index (κ1) is 11.2. The molecule has 0 aliphatic rings. The minimum Gasteiger partial charge on any atom is -0.480 e. The van der Waals surface area contributed by atoms with Gasteiger partial charge in [0.25, 0.3) is 0 Å². The molecule has 0 atom stereocenters. The third-order valence-corrected chi connectivity index (χ3v) is 2.72. The van der Waals surface area contributed by atoms with Crippen molar-refractivity contribution in [1.29, 1.82) is 5.26 Å². The molecule has 0 radical (unpaired) electrons. The quantitative estimate of drug-likeness (QED) is 0.692. The zero-order chi connectivity index (χ0) is 13.2. The Morgan fingerprint density at radius 3 is 2.89 bits per heavy atom. The molecule has 0 saturated heterocycles. The molecular weight excluding hydrogens is 242 g/mol. The van der Waals surface area contributed by atoms with Gasteiger partial charge in [0.1, 0.15) is 18.0 Å². The number of imidazole rings is 1. The molecule has 0 N–H and O–H groups in total. The second-order valence-corrected chi connectivity index (χ2v) is 3.81. The van der Waals surface area contributed by atoms with Gasteiger partial charge in [0, 0.05) is 0 Å². The number of rotatable bonds is 2. The summed E-state index contributed by atoms with van der Waals surface area (Å²) in [6, 6.07) is 9.65. The molecule has 3 aromatic rings. The Labute approximate surface area is 108 Å². The second-order valence-electron chi connectivity index (χ2n) is 3.81. The van der Waals surface area contributed by atoms with Crippen molar-refractivity contribution in [3.8, 4) is 17.9 Å². The van der Waals surface area contributed by atoms with E-state index in [1.54, 1.807) is 10.9 Å². The van der Waals surface area contributed by atoms with Gasteiger partial charge in [-0.1, -0.05) is 12.1 Å². The van der Waals surface area contributed by atoms with E-state index < -0.39 is 0 Å². The number of aromatic nitrogens is 4. The van der Waals surface area contributed by atoms with Crippen molar-refractivity contribution in [2.24, 2.45) is 0 Å². The molecular formula is C13H9N5O. The van der Waals surface area contributed by atoms with Gasteiger partial charge in [0.2, 0.25) is 11.8 Å². The van der Waals surface area contributed by atoms with Crippen molar-refractivity contribution in [1.82, 2.24) is 19.5 Å². The van der Waals surface area contributed by atoms with E-state index in [9.17, 15) is 0 Å². The summed E-state index contributed by atoms with van der Waals surface area (Å²) in [6.45, 7) is 0. The lowest BCUT2D eigenvalue weighted by Crippen LogP contribution is -2.03. The SMILES string of the molecule is COc1nc(-n2cnc3ccccc32)ncc1C#N. The topological polar surface area (TPSA) is 76.6 Å². The number of methoxy groups -OCH3 is 1. The normalized spacial score (nSPS) is 10.3. The van der Waals surface area contributed by atoms with Crippen LogP contribution in [0.15, 0.2) is 36.8 Å². The van der Waals surface area contributed by atoms with Crippen LogP contribution in [-0.2, 0) is 0 Å². The molecule has 2 heterocycles. The Morgan fingerprint density at radius 2 is 2.11 bits per heavy atom. The van der Waals surface area contributed by atoms with Crippen molar-refractivity contribution in [3.05, 3.63) is 42.4 Å². The number of ether oxygens (including phenoxy) is 1. The van der Waals surface area contributed by atoms with Crippen LogP contribution in [0.5, 0.6) is 5.88 Å². The number of fused-ring (bicyclic) bond motifs is 1. The van der Waals surface area contributed by atoms with Crippen LogP contribution in [0.1, 0.15) is 5.56 Å². The summed E-state index contributed by atoms with van der Waals surface area (Å²) in [5, 5.41) is 8.91. The van der Waals surface area contributed by atoms with Gasteiger partial charge < -0.3 is 4.74 Å². The summed E-state index contributed by atoms with van der Waals surface area (Å²) in [6.07, 6.45) is 3.08. The number of nitriles is 1. The highest BCUT2D eigenvalue weighted by atomic mass is 16.5. The van der Waals surface area contributed by atoms with Crippen molar-refractivity contribution in [3.63, 3.8) is 0 Å². The number of nitrogens with zero attached hydrogens (tertiary/aromatic N) is 5. The maximum Gasteiger partial charge on any atom is 0.238 e. The van der Waals surface area contributed by atoms with Crippen LogP contribution in [0.3, 0.4) is 0 Å². The smallest absolute Gasteiger partial charge is 0.238 e. The van der Waals surface area contributed by atoms with Crippen LogP contribution in [-0.4, -0.2) is 26.6 Å². The van der Waals surface area contributed by atoms with Crippen LogP contribution in [0, 0.1) is 11.3 Å². The third-order valence-electron chi connectivity index (χ3n) is 2.72. The average molecular weight is 251 g/mol. The van der Waals surface area contributed by atoms with Gasteiger partial charge in [-0.2, -0.15) is 10.2 Å². The molecule has 0 aliphatic carbocycles. The maximum atomic E-state index is 8.91. The third kappa shape index (κ3) is 1.77. The van der Waals surface area contributed by atoms with Gasteiger partial charge in [-0.05, 0) is 12.1 Å². The molecule has 0 fully saturated rings. The highest BCUT2D eigenvalue weighted by Gasteiger charge is 2.10. The largest absolute Gasteiger partial charge is 0.480 e. The van der Waals surface area contributed by atoms with Gasteiger partial charge >= 0.3 is 0 Å². The minimum atomic E-state index is 0.255. The number of hydrogen-bond acceptors (Lipinski definition) is 5. The molecule has 0 amide bonds. The molecule has 0 bridgehead atoms. The Balaban J connectivity index is 2.20. The van der Waals surface area contributed by atoms with E-state index in [4.69, 9.17) is 10.00 Å². The first-order chi connectivity index (χ1) is 9.33. The maximum absolute atomic E-state index is 8.91. The van der Waals surface area contributed by atoms with Gasteiger partial charge in [-0.15, -0.1) is 0 Å². The molecule has 2 aromatic heterocycles. The summed E-state index contributed by atoms with van der Waals surface area (Å²) in [5.41, 5.74) is 2.05. The van der Waals surface area contributed by atoms with Crippen molar-refractivity contribution in [2.75, 3.05) is 7.11 Å². The summed E-state index contributed by atoms with van der Waals surface area (Å²) < 4.78 is 6.83. The lowest BCUT2D eigenvalue weighted by atomic mass is 10.3. The Kier molecular flexibility index (Phi) is 2.58. The van der Waals surface area contributed by atoms with Crippen molar-refractivity contribution in [2.45, 2.75) is 0 Å². The van der Waals surface area contributed by atoms with Crippen molar-refractivity contribution < 1.29 is 4.74 Å². The van der Waals surface area contributed by atoms with Gasteiger partial charge in [-0.3, -0.25) is 4.57 Å². The predicted octanol–water partition coefficient (Wildman–Crippen LogP) is 1.70. The van der Waals surface area contributed by atoms with Crippen molar-refractivity contribution >= 4 is 11.0 Å². The first-order valence-electron chi connectivity index (χ1n) is 5.57. The fourth-order valence-corrected chi connectivity index (χ4v) is 1.82. The minimum absolute atomic E-state index is 0.255. The summed E-state index contributed by atoms with van der Waals surface area (Å²) in [5.74, 6) is 0.676. The molecule has 19 heavy (non-hydrogen) atoms. The zero-order valence-electron chi connectivity index (χ0n) is 10.1. The standard InChI is InChI=1S/C13H9N5O/c1-19-12-9(6-14)7-15-13(17-12)18-8-16-10-4-2-3-5-11(10)18/h2-5,7-8H,1H3. The van der Waals surface area contributed by atoms with E-state index in [1.807, 2.05) is 30.3 Å². The van der Waals surface area contributed by atoms with Crippen LogP contribution in [0.2, 0.25) is 0 Å². The molecule has 0 saturated carbocycles. The summed E-state index contributed by atoms with van der Waals surface area (Å²) >= 11 is 0. The van der Waals surface area contributed by atoms with Crippen LogP contribution < -0.4 is 4.74 Å². The van der Waals surface area contributed by atoms with Crippen LogP contribution in [0.25, 0.3) is 17.0 Å². The molecule has 3 rings (SSSR count). The highest BCUT2D eigenvalue weighted by molar-refractivity contribution is 5.76. The van der Waals surface area contributed by atoms with Gasteiger partial charge in [0.05, 0.1) is 24.3 Å². The predicted molar refractivity (Wildman–Crippen MR) is 67.9 cm³/mol. The van der Waals surface area contributed by atoms with Crippen LogP contribution in [0.4, 0.5) is 0 Å². The summed E-state index contributed by atoms with van der Waals surface area (Å²) in [7, 11) is 1.47. The van der Waals surface area contributed by atoms with Gasteiger partial charge in [0.15, 0.2) is 0 Å². The fraction of sp³-hybridized carbons (Fsp3) is 0.0769. The molecule has 0 spiro atoms. The van der Waals surface area contributed by atoms with E-state index in [0.717, 1.165) is 11.0 Å². The lowest BCUT2D eigenvalue weighted by Gasteiger charge is -2.05. The van der Waals surface area contributed by atoms with Gasteiger partial charge in [-0.25, -0.2) is 9.97 Å². The van der Waals surface area contributed by atoms with Crippen LogP contribution >= 0.6 is 0 Å². The van der Waals surface area contributed by atoms with E-state index in [-0.39, 0.29) is 5.88 Å². The lowest BCUT2D eigenvalue weighted by molar-refractivity contribution is 0.394. The number of benzene rings is 1. The number of hydrogen-bond donors (Lipinski definition) is 0. The Bertz CT molecular complexity index is 787. The molecule has 0 unspecified atom stereocenters. The monoisotopic (exact) mass is 251 g/mol. The fourth-order valence-electron chi connectivity index (χ4n) is 1.82. The Morgan fingerprint density at radius 1 is 1.26 bits per heavy atom. The molecule has 6 heteroatoms. The van der Waals surface area contributed by atoms with E-state index in [1.165, 1.54) is 13.3 Å². The average Bonchev–Trinajstić information content (AvgIpc) is 2.90. The van der Waals surface area contributed by atoms with E-state index >= 15 is 0 Å². The molecule has 1 aromatic carbocycles. The Hall–Kier alpha value is -2.94. The highest BCUT2D eigenvalue weighted by Crippen LogP contribution is 2.18. The first-order valence-corrected chi connectivity index (χ1v) is 5.57. The van der Waals surface area contributed by atoms with E-state index in [2.05, 4.69) is 15.0 Å². The second kappa shape index (κ2) is 4.38. The molecule has 6 nitrogen and oxygen atoms in total. The summed E-state index contributed by atoms with van der Waals surface area (Å²) in [4.78, 5) is 12.7. The van der Waals surface area contributed by atoms with E-state index in [0.29, 0.717) is 11.5 Å². The zero-order valence-corrected chi connectivity index (χ0v) is 10.1. The number of para-hydroxylation sites is 2.